The molecule has 0 radical (unpaired) electrons. The van der Waals surface area contributed by atoms with Crippen LogP contribution >= 0.6 is 0 Å². The third-order valence-electron chi connectivity index (χ3n) is 2.42. The Kier molecular flexibility index (Phi) is 2.11. The van der Waals surface area contributed by atoms with Gasteiger partial charge in [-0.25, -0.2) is 0 Å². The first-order valence-electron chi connectivity index (χ1n) is 4.67. The molecule has 0 unspecified atom stereocenters. The minimum atomic E-state index is 0.275. The number of rotatable bonds is 1. The minimum absolute atomic E-state index is 0.275. The van der Waals surface area contributed by atoms with Crippen molar-refractivity contribution in [1.82, 2.24) is 9.78 Å². The molecule has 1 heterocycles. The van der Waals surface area contributed by atoms with Crippen molar-refractivity contribution in [1.29, 1.82) is 0 Å². The molecule has 0 amide bonds. The Hall–Kier alpha value is -1.97. The molecule has 4 nitrogen and oxygen atoms in total. The Labute approximate surface area is 88.0 Å². The van der Waals surface area contributed by atoms with E-state index in [9.17, 15) is 5.11 Å². The fourth-order valence-corrected chi connectivity index (χ4v) is 1.39. The van der Waals surface area contributed by atoms with Crippen LogP contribution in [0, 0.1) is 6.92 Å². The van der Waals surface area contributed by atoms with Gasteiger partial charge in [0.25, 0.3) is 0 Å². The molecule has 78 valence electrons. The van der Waals surface area contributed by atoms with Gasteiger partial charge in [-0.3, -0.25) is 4.68 Å². The highest BCUT2D eigenvalue weighted by molar-refractivity contribution is 5.64. The number of nitrogens with two attached hydrogens (primary N) is 1. The smallest absolute Gasteiger partial charge is 0.121 e. The lowest BCUT2D eigenvalue weighted by Crippen LogP contribution is -1.96. The molecule has 2 aromatic rings. The quantitative estimate of drug-likeness (QED) is 0.741. The maximum atomic E-state index is 9.57. The summed E-state index contributed by atoms with van der Waals surface area (Å²) in [4.78, 5) is 0. The Balaban J connectivity index is 2.49. The van der Waals surface area contributed by atoms with Crippen molar-refractivity contribution >= 4 is 5.82 Å². The number of nitrogens with zero attached hydrogens (tertiary/aromatic N) is 2. The van der Waals surface area contributed by atoms with Crippen molar-refractivity contribution in [2.75, 3.05) is 5.73 Å². The molecule has 0 aliphatic carbocycles. The van der Waals surface area contributed by atoms with Crippen LogP contribution in [0.4, 0.5) is 5.82 Å². The van der Waals surface area contributed by atoms with Crippen LogP contribution in [0.25, 0.3) is 11.3 Å². The molecule has 1 aromatic carbocycles. The zero-order valence-electron chi connectivity index (χ0n) is 8.73. The van der Waals surface area contributed by atoms with Crippen molar-refractivity contribution in [3.63, 3.8) is 0 Å². The average Bonchev–Trinajstić information content (AvgIpc) is 2.52. The Bertz CT molecular complexity index is 483. The molecule has 0 saturated carbocycles. The number of hydrogen-bond donors (Lipinski definition) is 2. The highest BCUT2D eigenvalue weighted by Gasteiger charge is 2.06. The average molecular weight is 203 g/mol. The van der Waals surface area contributed by atoms with Crippen molar-refractivity contribution in [2.24, 2.45) is 7.05 Å². The summed E-state index contributed by atoms with van der Waals surface area (Å²) in [6, 6.07) is 7.24. The summed E-state index contributed by atoms with van der Waals surface area (Å²) in [5.74, 6) is 0.877. The molecule has 1 aromatic heterocycles. The second-order valence-electron chi connectivity index (χ2n) is 3.58. The van der Waals surface area contributed by atoms with Crippen LogP contribution in [0.2, 0.25) is 0 Å². The van der Waals surface area contributed by atoms with Crippen molar-refractivity contribution in [3.05, 3.63) is 29.8 Å². The lowest BCUT2D eigenvalue weighted by Gasteiger charge is -2.00. The lowest BCUT2D eigenvalue weighted by molar-refractivity contribution is 0.471. The third-order valence-corrected chi connectivity index (χ3v) is 2.42. The van der Waals surface area contributed by atoms with Gasteiger partial charge in [0.05, 0.1) is 5.69 Å². The van der Waals surface area contributed by atoms with E-state index in [1.54, 1.807) is 23.9 Å². The second-order valence-corrected chi connectivity index (χ2v) is 3.58. The van der Waals surface area contributed by atoms with Crippen LogP contribution < -0.4 is 5.73 Å². The number of nitrogen functional groups attached to an aromatic ring is 1. The topological polar surface area (TPSA) is 64.1 Å². The molecule has 0 aliphatic rings. The fourth-order valence-electron chi connectivity index (χ4n) is 1.39. The Morgan fingerprint density at radius 2 is 2.07 bits per heavy atom. The normalized spacial score (nSPS) is 10.5. The van der Waals surface area contributed by atoms with Gasteiger partial charge in [-0.15, -0.1) is 0 Å². The number of aromatic hydroxyl groups is 1. The standard InChI is InChI=1S/C11H13N3O/c1-7-3-4-8(5-10(7)15)9-6-11(12)14(2)13-9/h3-6,15H,12H2,1-2H3. The van der Waals surface area contributed by atoms with Gasteiger partial charge < -0.3 is 10.8 Å². The summed E-state index contributed by atoms with van der Waals surface area (Å²) in [6.07, 6.45) is 0. The van der Waals surface area contributed by atoms with Gasteiger partial charge in [0.1, 0.15) is 11.6 Å². The highest BCUT2D eigenvalue weighted by atomic mass is 16.3. The predicted octanol–water partition coefficient (Wildman–Crippen LogP) is 1.68. The predicted molar refractivity (Wildman–Crippen MR) is 59.5 cm³/mol. The molecule has 0 spiro atoms. The molecule has 3 N–H and O–H groups in total. The maximum Gasteiger partial charge on any atom is 0.121 e. The van der Waals surface area contributed by atoms with Crippen LogP contribution in [0.1, 0.15) is 5.56 Å². The number of phenolic OH excluding ortho intramolecular Hbond substituents is 1. The zero-order chi connectivity index (χ0) is 11.0. The number of aromatic nitrogens is 2. The second kappa shape index (κ2) is 3.31. The van der Waals surface area contributed by atoms with Crippen LogP contribution in [0.3, 0.4) is 0 Å². The van der Waals surface area contributed by atoms with Gasteiger partial charge >= 0.3 is 0 Å². The molecule has 15 heavy (non-hydrogen) atoms. The minimum Gasteiger partial charge on any atom is -0.508 e. The Morgan fingerprint density at radius 1 is 1.33 bits per heavy atom. The number of benzene rings is 1. The fraction of sp³-hybridized carbons (Fsp3) is 0.182. The molecular formula is C11H13N3O. The molecule has 4 heteroatoms. The van der Waals surface area contributed by atoms with E-state index in [1.165, 1.54) is 0 Å². The third kappa shape index (κ3) is 1.66. The molecule has 2 rings (SSSR count). The van der Waals surface area contributed by atoms with E-state index in [0.29, 0.717) is 5.82 Å². The number of anilines is 1. The van der Waals surface area contributed by atoms with E-state index in [2.05, 4.69) is 5.10 Å². The van der Waals surface area contributed by atoms with E-state index < -0.39 is 0 Å². The van der Waals surface area contributed by atoms with Gasteiger partial charge in [-0.1, -0.05) is 12.1 Å². The molecule has 0 saturated heterocycles. The van der Waals surface area contributed by atoms with Crippen LogP contribution in [0.5, 0.6) is 5.75 Å². The zero-order valence-corrected chi connectivity index (χ0v) is 8.73. The summed E-state index contributed by atoms with van der Waals surface area (Å²) >= 11 is 0. The van der Waals surface area contributed by atoms with Crippen molar-refractivity contribution < 1.29 is 5.11 Å². The van der Waals surface area contributed by atoms with Crippen molar-refractivity contribution in [3.8, 4) is 17.0 Å². The summed E-state index contributed by atoms with van der Waals surface area (Å²) in [6.45, 7) is 1.85. The van der Waals surface area contributed by atoms with Crippen LogP contribution in [-0.2, 0) is 7.05 Å². The van der Waals surface area contributed by atoms with Gasteiger partial charge in [0, 0.05) is 18.7 Å². The molecular weight excluding hydrogens is 190 g/mol. The molecule has 0 atom stereocenters. The molecule has 0 bridgehead atoms. The van der Waals surface area contributed by atoms with Gasteiger partial charge in [0.2, 0.25) is 0 Å². The molecule has 0 fully saturated rings. The van der Waals surface area contributed by atoms with Gasteiger partial charge in [-0.2, -0.15) is 5.10 Å². The summed E-state index contributed by atoms with van der Waals surface area (Å²) < 4.78 is 1.60. The number of aryl methyl sites for hydroxylation is 2. The van der Waals surface area contributed by atoms with Crippen molar-refractivity contribution in [2.45, 2.75) is 6.92 Å². The first-order valence-corrected chi connectivity index (χ1v) is 4.67. The lowest BCUT2D eigenvalue weighted by atomic mass is 10.1. The first kappa shape index (κ1) is 9.58. The summed E-state index contributed by atoms with van der Waals surface area (Å²) in [5, 5.41) is 13.8. The SMILES string of the molecule is Cc1ccc(-c2cc(N)n(C)n2)cc1O. The summed E-state index contributed by atoms with van der Waals surface area (Å²) in [5.41, 5.74) is 8.17. The van der Waals surface area contributed by atoms with E-state index in [0.717, 1.165) is 16.8 Å². The molecule has 0 aliphatic heterocycles. The van der Waals surface area contributed by atoms with E-state index in [-0.39, 0.29) is 5.75 Å². The maximum absolute atomic E-state index is 9.57. The number of phenols is 1. The highest BCUT2D eigenvalue weighted by Crippen LogP contribution is 2.25. The first-order chi connectivity index (χ1) is 7.08. The largest absolute Gasteiger partial charge is 0.508 e. The number of hydrogen-bond acceptors (Lipinski definition) is 3. The van der Waals surface area contributed by atoms with Crippen LogP contribution in [0.15, 0.2) is 24.3 Å². The monoisotopic (exact) mass is 203 g/mol. The Morgan fingerprint density at radius 3 is 2.60 bits per heavy atom. The van der Waals surface area contributed by atoms with E-state index >= 15 is 0 Å². The van der Waals surface area contributed by atoms with Gasteiger partial charge in [0.15, 0.2) is 0 Å². The van der Waals surface area contributed by atoms with Gasteiger partial charge in [-0.05, 0) is 18.6 Å². The van der Waals surface area contributed by atoms with Crippen LogP contribution in [-0.4, -0.2) is 14.9 Å². The van der Waals surface area contributed by atoms with E-state index in [1.807, 2.05) is 19.1 Å². The summed E-state index contributed by atoms with van der Waals surface area (Å²) in [7, 11) is 1.78. The van der Waals surface area contributed by atoms with E-state index in [4.69, 9.17) is 5.73 Å².